The number of benzene rings is 2. The molecule has 0 radical (unpaired) electrons. The number of ether oxygens (including phenoxy) is 1. The van der Waals surface area contributed by atoms with Gasteiger partial charge in [-0.2, -0.15) is 0 Å². The lowest BCUT2D eigenvalue weighted by molar-refractivity contribution is 0.0992. The van der Waals surface area contributed by atoms with E-state index in [0.29, 0.717) is 18.6 Å². The van der Waals surface area contributed by atoms with Gasteiger partial charge in [0.15, 0.2) is 5.78 Å². The summed E-state index contributed by atoms with van der Waals surface area (Å²) in [7, 11) is 0. The molecule has 0 saturated carbocycles. The quantitative estimate of drug-likeness (QED) is 0.758. The minimum absolute atomic E-state index is 0.116. The molecular formula is C17H18O2. The van der Waals surface area contributed by atoms with Crippen LogP contribution < -0.4 is 4.74 Å². The van der Waals surface area contributed by atoms with Crippen molar-refractivity contribution in [2.45, 2.75) is 20.3 Å². The van der Waals surface area contributed by atoms with Crippen LogP contribution in [0.2, 0.25) is 0 Å². The summed E-state index contributed by atoms with van der Waals surface area (Å²) in [6, 6.07) is 15.4. The number of aryl methyl sites for hydroxylation is 1. The number of ketones is 1. The maximum Gasteiger partial charge on any atom is 0.167 e. The number of Topliss-reactive ketones (excluding diaryl/α,β-unsaturated/α-hetero) is 1. The third-order valence-corrected chi connectivity index (χ3v) is 2.95. The van der Waals surface area contributed by atoms with Crippen LogP contribution in [0.25, 0.3) is 0 Å². The summed E-state index contributed by atoms with van der Waals surface area (Å²) >= 11 is 0. The van der Waals surface area contributed by atoms with E-state index in [1.54, 1.807) is 6.07 Å². The van der Waals surface area contributed by atoms with Crippen LogP contribution in [0, 0.1) is 6.92 Å². The minimum atomic E-state index is 0.116. The normalized spacial score (nSPS) is 10.2. The minimum Gasteiger partial charge on any atom is -0.494 e. The van der Waals surface area contributed by atoms with Gasteiger partial charge in [0.25, 0.3) is 0 Å². The molecule has 0 aliphatic rings. The SMILES string of the molecule is CCOc1cccc(C(=O)Cc2ccc(C)cc2)c1. The van der Waals surface area contributed by atoms with E-state index in [1.807, 2.05) is 56.3 Å². The molecule has 0 aliphatic heterocycles. The summed E-state index contributed by atoms with van der Waals surface area (Å²) in [5.74, 6) is 0.864. The van der Waals surface area contributed by atoms with Gasteiger partial charge in [-0.1, -0.05) is 42.0 Å². The average Bonchev–Trinajstić information content (AvgIpc) is 2.42. The van der Waals surface area contributed by atoms with Crippen LogP contribution in [0.1, 0.15) is 28.4 Å². The maximum atomic E-state index is 12.2. The van der Waals surface area contributed by atoms with Gasteiger partial charge in [0, 0.05) is 12.0 Å². The summed E-state index contributed by atoms with van der Waals surface area (Å²) in [6.07, 6.45) is 0.426. The van der Waals surface area contributed by atoms with Gasteiger partial charge >= 0.3 is 0 Å². The van der Waals surface area contributed by atoms with E-state index in [1.165, 1.54) is 5.56 Å². The van der Waals surface area contributed by atoms with Crippen molar-refractivity contribution in [1.29, 1.82) is 0 Å². The van der Waals surface area contributed by atoms with Crippen molar-refractivity contribution in [2.75, 3.05) is 6.61 Å². The molecule has 19 heavy (non-hydrogen) atoms. The molecule has 98 valence electrons. The van der Waals surface area contributed by atoms with Crippen LogP contribution in [-0.4, -0.2) is 12.4 Å². The molecule has 0 unspecified atom stereocenters. The van der Waals surface area contributed by atoms with Crippen LogP contribution >= 0.6 is 0 Å². The van der Waals surface area contributed by atoms with Crippen LogP contribution in [0.3, 0.4) is 0 Å². The Bertz CT molecular complexity index is 556. The smallest absolute Gasteiger partial charge is 0.167 e. The number of hydrogen-bond acceptors (Lipinski definition) is 2. The van der Waals surface area contributed by atoms with E-state index >= 15 is 0 Å². The summed E-state index contributed by atoms with van der Waals surface area (Å²) < 4.78 is 5.41. The predicted octanol–water partition coefficient (Wildman–Crippen LogP) is 3.82. The molecule has 2 aromatic carbocycles. The molecule has 0 aliphatic carbocycles. The highest BCUT2D eigenvalue weighted by molar-refractivity contribution is 5.97. The van der Waals surface area contributed by atoms with Gasteiger partial charge in [0.1, 0.15) is 5.75 Å². The second kappa shape index (κ2) is 6.19. The van der Waals surface area contributed by atoms with E-state index in [4.69, 9.17) is 4.74 Å². The molecule has 0 aromatic heterocycles. The fourth-order valence-corrected chi connectivity index (χ4v) is 1.92. The molecule has 0 N–H and O–H groups in total. The van der Waals surface area contributed by atoms with Crippen LogP contribution in [0.4, 0.5) is 0 Å². The van der Waals surface area contributed by atoms with Gasteiger partial charge in [-0.25, -0.2) is 0 Å². The van der Waals surface area contributed by atoms with Gasteiger partial charge in [-0.3, -0.25) is 4.79 Å². The Morgan fingerprint density at radius 3 is 2.53 bits per heavy atom. The van der Waals surface area contributed by atoms with E-state index in [9.17, 15) is 4.79 Å². The monoisotopic (exact) mass is 254 g/mol. The lowest BCUT2D eigenvalue weighted by atomic mass is 10.0. The Balaban J connectivity index is 2.11. The molecule has 2 aromatic rings. The molecule has 0 amide bonds. The fourth-order valence-electron chi connectivity index (χ4n) is 1.92. The molecule has 0 heterocycles. The zero-order chi connectivity index (χ0) is 13.7. The third kappa shape index (κ3) is 3.68. The fraction of sp³-hybridized carbons (Fsp3) is 0.235. The third-order valence-electron chi connectivity index (χ3n) is 2.95. The molecule has 0 atom stereocenters. The van der Waals surface area contributed by atoms with Crippen molar-refractivity contribution < 1.29 is 9.53 Å². The standard InChI is InChI=1S/C17H18O2/c1-3-19-16-6-4-5-15(12-16)17(18)11-14-9-7-13(2)8-10-14/h4-10,12H,3,11H2,1-2H3. The summed E-state index contributed by atoms with van der Waals surface area (Å²) in [5.41, 5.74) is 2.94. The van der Waals surface area contributed by atoms with Gasteiger partial charge < -0.3 is 4.74 Å². The number of carbonyl (C=O) groups is 1. The van der Waals surface area contributed by atoms with E-state index in [-0.39, 0.29) is 5.78 Å². The Labute approximate surface area is 114 Å². The zero-order valence-corrected chi connectivity index (χ0v) is 11.3. The van der Waals surface area contributed by atoms with Crippen molar-refractivity contribution in [3.05, 3.63) is 65.2 Å². The van der Waals surface area contributed by atoms with Gasteiger partial charge in [0.05, 0.1) is 6.61 Å². The summed E-state index contributed by atoms with van der Waals surface area (Å²) in [5, 5.41) is 0. The predicted molar refractivity (Wildman–Crippen MR) is 76.8 cm³/mol. The molecule has 0 fully saturated rings. The van der Waals surface area contributed by atoms with Crippen LogP contribution in [0.5, 0.6) is 5.75 Å². The lowest BCUT2D eigenvalue weighted by Gasteiger charge is -2.06. The average molecular weight is 254 g/mol. The van der Waals surface area contributed by atoms with Crippen molar-refractivity contribution >= 4 is 5.78 Å². The van der Waals surface area contributed by atoms with E-state index in [2.05, 4.69) is 0 Å². The molecule has 0 spiro atoms. The van der Waals surface area contributed by atoms with Crippen molar-refractivity contribution in [3.8, 4) is 5.75 Å². The topological polar surface area (TPSA) is 26.3 Å². The highest BCUT2D eigenvalue weighted by Gasteiger charge is 2.08. The van der Waals surface area contributed by atoms with Gasteiger partial charge in [0.2, 0.25) is 0 Å². The van der Waals surface area contributed by atoms with E-state index < -0.39 is 0 Å². The highest BCUT2D eigenvalue weighted by atomic mass is 16.5. The number of hydrogen-bond donors (Lipinski definition) is 0. The van der Waals surface area contributed by atoms with E-state index in [0.717, 1.165) is 11.3 Å². The Kier molecular flexibility index (Phi) is 4.35. The van der Waals surface area contributed by atoms with Crippen molar-refractivity contribution in [3.63, 3.8) is 0 Å². The van der Waals surface area contributed by atoms with Crippen molar-refractivity contribution in [2.24, 2.45) is 0 Å². The van der Waals surface area contributed by atoms with Gasteiger partial charge in [-0.05, 0) is 31.5 Å². The van der Waals surface area contributed by atoms with Crippen molar-refractivity contribution in [1.82, 2.24) is 0 Å². The van der Waals surface area contributed by atoms with Crippen LogP contribution in [0.15, 0.2) is 48.5 Å². The molecule has 2 heteroatoms. The first-order valence-electron chi connectivity index (χ1n) is 6.50. The lowest BCUT2D eigenvalue weighted by Crippen LogP contribution is -2.04. The molecule has 2 rings (SSSR count). The number of carbonyl (C=O) groups excluding carboxylic acids is 1. The second-order valence-electron chi connectivity index (χ2n) is 4.55. The Hall–Kier alpha value is -2.09. The highest BCUT2D eigenvalue weighted by Crippen LogP contribution is 2.15. The molecule has 0 saturated heterocycles. The second-order valence-corrected chi connectivity index (χ2v) is 4.55. The molecule has 2 nitrogen and oxygen atoms in total. The first-order chi connectivity index (χ1) is 9.19. The number of rotatable bonds is 5. The first-order valence-corrected chi connectivity index (χ1v) is 6.50. The van der Waals surface area contributed by atoms with Crippen LogP contribution in [-0.2, 0) is 6.42 Å². The Morgan fingerprint density at radius 1 is 1.11 bits per heavy atom. The molecular weight excluding hydrogens is 236 g/mol. The molecule has 0 bridgehead atoms. The Morgan fingerprint density at radius 2 is 1.84 bits per heavy atom. The first kappa shape index (κ1) is 13.3. The summed E-state index contributed by atoms with van der Waals surface area (Å²) in [6.45, 7) is 4.58. The largest absolute Gasteiger partial charge is 0.494 e. The summed E-state index contributed by atoms with van der Waals surface area (Å²) in [4.78, 5) is 12.2. The zero-order valence-electron chi connectivity index (χ0n) is 11.3. The maximum absolute atomic E-state index is 12.2. The van der Waals surface area contributed by atoms with Gasteiger partial charge in [-0.15, -0.1) is 0 Å².